The first kappa shape index (κ1) is 18.7. The first-order chi connectivity index (χ1) is 13.5. The lowest BCUT2D eigenvalue weighted by atomic mass is 10.1. The quantitative estimate of drug-likeness (QED) is 0.760. The van der Waals surface area contributed by atoms with Crippen LogP contribution in [-0.4, -0.2) is 45.5 Å². The number of likely N-dealkylation sites (tertiary alicyclic amines) is 1. The molecule has 2 aliphatic rings. The summed E-state index contributed by atoms with van der Waals surface area (Å²) in [7, 11) is 0. The van der Waals surface area contributed by atoms with E-state index in [9.17, 15) is 14.4 Å². The first-order valence-corrected chi connectivity index (χ1v) is 10.1. The molecule has 0 spiro atoms. The Balaban J connectivity index is 1.51. The van der Waals surface area contributed by atoms with Gasteiger partial charge in [0, 0.05) is 26.1 Å². The van der Waals surface area contributed by atoms with Crippen molar-refractivity contribution in [3.8, 4) is 0 Å². The Labute approximate surface area is 163 Å². The van der Waals surface area contributed by atoms with E-state index in [4.69, 9.17) is 4.74 Å². The predicted octanol–water partition coefficient (Wildman–Crippen LogP) is 2.29. The molecule has 0 saturated carbocycles. The lowest BCUT2D eigenvalue weighted by molar-refractivity contribution is -0.139. The third kappa shape index (κ3) is 3.53. The molecule has 0 unspecified atom stereocenters. The van der Waals surface area contributed by atoms with Crippen LogP contribution in [0, 0.1) is 0 Å². The highest BCUT2D eigenvalue weighted by molar-refractivity contribution is 5.95. The number of benzene rings is 1. The Morgan fingerprint density at radius 3 is 2.57 bits per heavy atom. The minimum atomic E-state index is -0.833. The number of fused-ring (bicyclic) bond motifs is 2. The van der Waals surface area contributed by atoms with Gasteiger partial charge < -0.3 is 9.64 Å². The van der Waals surface area contributed by atoms with Gasteiger partial charge >= 0.3 is 5.97 Å². The maximum Gasteiger partial charge on any atom is 0.338 e. The zero-order chi connectivity index (χ0) is 19.7. The van der Waals surface area contributed by atoms with Crippen LogP contribution in [0.1, 0.15) is 55.2 Å². The van der Waals surface area contributed by atoms with Gasteiger partial charge in [-0.15, -0.1) is 0 Å². The summed E-state index contributed by atoms with van der Waals surface area (Å²) in [6.07, 6.45) is 5.08. The second kappa shape index (κ2) is 7.73. The van der Waals surface area contributed by atoms with E-state index < -0.39 is 12.1 Å². The molecule has 7 nitrogen and oxygen atoms in total. The van der Waals surface area contributed by atoms with Gasteiger partial charge in [-0.25, -0.2) is 9.78 Å². The van der Waals surface area contributed by atoms with Crippen molar-refractivity contribution in [3.63, 3.8) is 0 Å². The minimum Gasteiger partial charge on any atom is -0.449 e. The molecule has 1 fully saturated rings. The van der Waals surface area contributed by atoms with Crippen molar-refractivity contribution in [1.29, 1.82) is 0 Å². The van der Waals surface area contributed by atoms with Crippen LogP contribution in [0.25, 0.3) is 10.9 Å². The van der Waals surface area contributed by atoms with Gasteiger partial charge in [-0.2, -0.15) is 0 Å². The lowest BCUT2D eigenvalue weighted by Crippen LogP contribution is -2.40. The van der Waals surface area contributed by atoms with Gasteiger partial charge in [-0.3, -0.25) is 14.2 Å². The SMILES string of the molecule is C[C@H](OC(=O)c1ccc2c(=O)n3c(nc2c1)CCC3)C(=O)N1CCCCCC1. The molecule has 2 aliphatic heterocycles. The van der Waals surface area contributed by atoms with Gasteiger partial charge in [0.1, 0.15) is 5.82 Å². The maximum atomic E-state index is 12.6. The van der Waals surface area contributed by atoms with E-state index in [0.717, 1.165) is 57.4 Å². The van der Waals surface area contributed by atoms with Gasteiger partial charge in [0.05, 0.1) is 16.5 Å². The second-order valence-electron chi connectivity index (χ2n) is 7.61. The van der Waals surface area contributed by atoms with Gasteiger partial charge in [-0.05, 0) is 44.4 Å². The second-order valence-corrected chi connectivity index (χ2v) is 7.61. The first-order valence-electron chi connectivity index (χ1n) is 10.1. The van der Waals surface area contributed by atoms with Crippen molar-refractivity contribution >= 4 is 22.8 Å². The molecule has 3 heterocycles. The molecule has 1 aromatic heterocycles. The van der Waals surface area contributed by atoms with Crippen LogP contribution in [0.2, 0.25) is 0 Å². The molecule has 4 rings (SSSR count). The largest absolute Gasteiger partial charge is 0.449 e. The number of carbonyl (C=O) groups is 2. The smallest absolute Gasteiger partial charge is 0.338 e. The highest BCUT2D eigenvalue weighted by atomic mass is 16.5. The van der Waals surface area contributed by atoms with E-state index in [1.807, 2.05) is 0 Å². The number of amides is 1. The lowest BCUT2D eigenvalue weighted by Gasteiger charge is -2.24. The fourth-order valence-electron chi connectivity index (χ4n) is 4.04. The van der Waals surface area contributed by atoms with Crippen LogP contribution < -0.4 is 5.56 Å². The zero-order valence-electron chi connectivity index (χ0n) is 16.1. The maximum absolute atomic E-state index is 12.6. The van der Waals surface area contributed by atoms with E-state index in [-0.39, 0.29) is 11.5 Å². The highest BCUT2D eigenvalue weighted by Gasteiger charge is 2.25. The summed E-state index contributed by atoms with van der Waals surface area (Å²) in [5, 5.41) is 0.496. The molecule has 0 bridgehead atoms. The zero-order valence-corrected chi connectivity index (χ0v) is 16.1. The normalized spacial score (nSPS) is 17.8. The van der Waals surface area contributed by atoms with Gasteiger partial charge in [0.2, 0.25) is 0 Å². The van der Waals surface area contributed by atoms with Crippen molar-refractivity contribution in [2.45, 2.75) is 58.1 Å². The van der Waals surface area contributed by atoms with Gasteiger partial charge in [0.25, 0.3) is 11.5 Å². The number of aryl methyl sites for hydroxylation is 1. The van der Waals surface area contributed by atoms with Crippen LogP contribution in [-0.2, 0) is 22.5 Å². The summed E-state index contributed by atoms with van der Waals surface area (Å²) in [4.78, 5) is 44.0. The molecule has 0 radical (unpaired) electrons. The number of aromatic nitrogens is 2. The topological polar surface area (TPSA) is 81.5 Å². The molecule has 1 saturated heterocycles. The number of nitrogens with zero attached hydrogens (tertiary/aromatic N) is 3. The number of hydrogen-bond acceptors (Lipinski definition) is 5. The van der Waals surface area contributed by atoms with Crippen molar-refractivity contribution in [2.75, 3.05) is 13.1 Å². The number of rotatable bonds is 3. The third-order valence-corrected chi connectivity index (χ3v) is 5.60. The Kier molecular flexibility index (Phi) is 5.15. The van der Waals surface area contributed by atoms with E-state index >= 15 is 0 Å². The Morgan fingerprint density at radius 1 is 1.07 bits per heavy atom. The fourth-order valence-corrected chi connectivity index (χ4v) is 4.04. The monoisotopic (exact) mass is 383 g/mol. The number of hydrogen-bond donors (Lipinski definition) is 0. The molecule has 0 aliphatic carbocycles. The number of esters is 1. The van der Waals surface area contributed by atoms with Crippen LogP contribution in [0.5, 0.6) is 0 Å². The third-order valence-electron chi connectivity index (χ3n) is 5.60. The van der Waals surface area contributed by atoms with Crippen molar-refractivity contribution in [3.05, 3.63) is 39.9 Å². The minimum absolute atomic E-state index is 0.0675. The predicted molar refractivity (Wildman–Crippen MR) is 104 cm³/mol. The summed E-state index contributed by atoms with van der Waals surface area (Å²) in [5.74, 6) is 0.0397. The van der Waals surface area contributed by atoms with Gasteiger partial charge in [-0.1, -0.05) is 12.8 Å². The Hall–Kier alpha value is -2.70. The summed E-state index contributed by atoms with van der Waals surface area (Å²) in [5.41, 5.74) is 0.735. The number of carbonyl (C=O) groups excluding carboxylic acids is 2. The Morgan fingerprint density at radius 2 is 1.82 bits per heavy atom. The summed E-state index contributed by atoms with van der Waals surface area (Å²) >= 11 is 0. The average molecular weight is 383 g/mol. The fraction of sp³-hybridized carbons (Fsp3) is 0.524. The molecular formula is C21H25N3O4. The van der Waals surface area contributed by atoms with Crippen molar-refractivity contribution in [2.24, 2.45) is 0 Å². The van der Waals surface area contributed by atoms with Crippen molar-refractivity contribution in [1.82, 2.24) is 14.5 Å². The van der Waals surface area contributed by atoms with Crippen LogP contribution in [0.15, 0.2) is 23.0 Å². The van der Waals surface area contributed by atoms with E-state index in [1.54, 1.807) is 34.6 Å². The van der Waals surface area contributed by atoms with E-state index in [0.29, 0.717) is 23.0 Å². The molecule has 7 heteroatoms. The van der Waals surface area contributed by atoms with Gasteiger partial charge in [0.15, 0.2) is 6.10 Å². The molecule has 1 amide bonds. The molecule has 1 aromatic carbocycles. The Bertz CT molecular complexity index is 974. The summed E-state index contributed by atoms with van der Waals surface area (Å²) in [6.45, 7) is 3.74. The molecular weight excluding hydrogens is 358 g/mol. The molecule has 2 aromatic rings. The average Bonchev–Trinajstić information content (AvgIpc) is 3.00. The van der Waals surface area contributed by atoms with E-state index in [1.165, 1.54) is 0 Å². The van der Waals surface area contributed by atoms with Crippen LogP contribution in [0.4, 0.5) is 0 Å². The number of ether oxygens (including phenoxy) is 1. The molecule has 28 heavy (non-hydrogen) atoms. The van der Waals surface area contributed by atoms with E-state index in [2.05, 4.69) is 4.98 Å². The van der Waals surface area contributed by atoms with Crippen molar-refractivity contribution < 1.29 is 14.3 Å². The summed E-state index contributed by atoms with van der Waals surface area (Å²) < 4.78 is 7.12. The molecule has 1 atom stereocenters. The molecule has 0 N–H and O–H groups in total. The standard InChI is InChI=1S/C21H25N3O4/c1-14(19(25)23-10-4-2-3-5-11-23)28-21(27)15-8-9-16-17(13-15)22-18-7-6-12-24(18)20(16)26/h8-9,13-14H,2-7,10-12H2,1H3/t14-/m0/s1. The van der Waals surface area contributed by atoms with Crippen LogP contribution in [0.3, 0.4) is 0 Å². The summed E-state index contributed by atoms with van der Waals surface area (Å²) in [6, 6.07) is 4.77. The van der Waals surface area contributed by atoms with Crippen LogP contribution >= 0.6 is 0 Å². The molecule has 148 valence electrons. The highest BCUT2D eigenvalue weighted by Crippen LogP contribution is 2.18.